The van der Waals surface area contributed by atoms with Crippen molar-refractivity contribution in [1.82, 2.24) is 0 Å². The summed E-state index contributed by atoms with van der Waals surface area (Å²) in [7, 11) is 0. The van der Waals surface area contributed by atoms with Crippen LogP contribution in [0.1, 0.15) is 25.0 Å². The van der Waals surface area contributed by atoms with E-state index in [4.69, 9.17) is 21.1 Å². The molecular weight excluding hydrogens is 216 g/mol. The van der Waals surface area contributed by atoms with E-state index in [-0.39, 0.29) is 0 Å². The van der Waals surface area contributed by atoms with E-state index in [2.05, 4.69) is 0 Å². The first-order valence-electron chi connectivity index (χ1n) is 4.96. The number of hydrogen-bond donors (Lipinski definition) is 1. The first-order chi connectivity index (χ1) is 7.20. The summed E-state index contributed by atoms with van der Waals surface area (Å²) in [6.07, 6.45) is 0.240. The molecule has 0 amide bonds. The number of aliphatic hydroxyl groups excluding tert-OH is 1. The molecule has 1 unspecified atom stereocenters. The highest BCUT2D eigenvalue weighted by Crippen LogP contribution is 2.40. The lowest BCUT2D eigenvalue weighted by molar-refractivity contribution is 0.198. The first-order valence-corrected chi connectivity index (χ1v) is 5.34. The maximum Gasteiger partial charge on any atom is 0.180 e. The van der Waals surface area contributed by atoms with Crippen molar-refractivity contribution in [1.29, 1.82) is 0 Å². The Morgan fingerprint density at radius 1 is 1.33 bits per heavy atom. The number of ether oxygens (including phenoxy) is 2. The Kier molecular flexibility index (Phi) is 3.03. The van der Waals surface area contributed by atoms with E-state index < -0.39 is 6.10 Å². The molecule has 0 saturated heterocycles. The molecule has 4 heteroatoms. The van der Waals surface area contributed by atoms with Gasteiger partial charge in [0.05, 0.1) is 24.3 Å². The van der Waals surface area contributed by atoms with Crippen molar-refractivity contribution >= 4 is 11.6 Å². The monoisotopic (exact) mass is 228 g/mol. The first kappa shape index (κ1) is 10.6. The molecule has 1 atom stereocenters. The van der Waals surface area contributed by atoms with E-state index in [1.165, 1.54) is 0 Å². The maximum absolute atomic E-state index is 9.50. The fraction of sp³-hybridized carbons (Fsp3) is 0.455. The standard InChI is InChI=1S/C11H13ClO3/c1-7(13)8-3-4-9-11(10(8)12)15-6-2-5-14-9/h3-4,7,13H,2,5-6H2,1H3. The topological polar surface area (TPSA) is 38.7 Å². The van der Waals surface area contributed by atoms with Gasteiger partial charge in [-0.15, -0.1) is 0 Å². The van der Waals surface area contributed by atoms with E-state index in [1.54, 1.807) is 19.1 Å². The molecule has 82 valence electrons. The minimum atomic E-state index is -0.602. The summed E-state index contributed by atoms with van der Waals surface area (Å²) in [4.78, 5) is 0. The Bertz CT molecular complexity index is 363. The van der Waals surface area contributed by atoms with Gasteiger partial charge in [-0.25, -0.2) is 0 Å². The molecule has 0 fully saturated rings. The average molecular weight is 229 g/mol. The summed E-state index contributed by atoms with van der Waals surface area (Å²) in [6.45, 7) is 2.90. The SMILES string of the molecule is CC(O)c1ccc2c(c1Cl)OCCCO2. The number of benzene rings is 1. The molecule has 0 aromatic heterocycles. The maximum atomic E-state index is 9.50. The minimum Gasteiger partial charge on any atom is -0.490 e. The predicted octanol–water partition coefficient (Wildman–Crippen LogP) is 2.55. The summed E-state index contributed by atoms with van der Waals surface area (Å²) >= 11 is 6.13. The molecule has 0 saturated carbocycles. The largest absolute Gasteiger partial charge is 0.490 e. The minimum absolute atomic E-state index is 0.449. The van der Waals surface area contributed by atoms with Crippen molar-refractivity contribution in [2.24, 2.45) is 0 Å². The van der Waals surface area contributed by atoms with Gasteiger partial charge in [0.1, 0.15) is 0 Å². The molecule has 0 aliphatic carbocycles. The van der Waals surface area contributed by atoms with Gasteiger partial charge < -0.3 is 14.6 Å². The van der Waals surface area contributed by atoms with Gasteiger partial charge in [-0.3, -0.25) is 0 Å². The molecule has 15 heavy (non-hydrogen) atoms. The molecule has 1 heterocycles. The van der Waals surface area contributed by atoms with Crippen LogP contribution in [0, 0.1) is 0 Å². The van der Waals surface area contributed by atoms with Gasteiger partial charge in [0.25, 0.3) is 0 Å². The average Bonchev–Trinajstić information content (AvgIpc) is 2.43. The van der Waals surface area contributed by atoms with Gasteiger partial charge >= 0.3 is 0 Å². The van der Waals surface area contributed by atoms with E-state index in [0.29, 0.717) is 35.3 Å². The third-order valence-corrected chi connectivity index (χ3v) is 2.72. The summed E-state index contributed by atoms with van der Waals surface area (Å²) in [6, 6.07) is 3.55. The van der Waals surface area contributed by atoms with Crippen molar-refractivity contribution in [3.8, 4) is 11.5 Å². The Hall–Kier alpha value is -0.930. The highest BCUT2D eigenvalue weighted by molar-refractivity contribution is 6.33. The summed E-state index contributed by atoms with van der Waals surface area (Å²) in [5, 5.41) is 9.94. The fourth-order valence-electron chi connectivity index (χ4n) is 1.54. The lowest BCUT2D eigenvalue weighted by atomic mass is 10.1. The molecule has 0 radical (unpaired) electrons. The normalized spacial score (nSPS) is 17.0. The van der Waals surface area contributed by atoms with Crippen LogP contribution < -0.4 is 9.47 Å². The van der Waals surface area contributed by atoms with E-state index in [0.717, 1.165) is 6.42 Å². The number of halogens is 1. The van der Waals surface area contributed by atoms with Crippen LogP contribution in [0.3, 0.4) is 0 Å². The number of aliphatic hydroxyl groups is 1. The zero-order valence-electron chi connectivity index (χ0n) is 8.50. The van der Waals surface area contributed by atoms with Crippen LogP contribution >= 0.6 is 11.6 Å². The van der Waals surface area contributed by atoms with Gasteiger partial charge in [0.2, 0.25) is 0 Å². The molecule has 0 bridgehead atoms. The van der Waals surface area contributed by atoms with E-state index in [1.807, 2.05) is 0 Å². The van der Waals surface area contributed by atoms with Gasteiger partial charge in [-0.2, -0.15) is 0 Å². The quantitative estimate of drug-likeness (QED) is 0.803. The van der Waals surface area contributed by atoms with Crippen LogP contribution in [-0.4, -0.2) is 18.3 Å². The smallest absolute Gasteiger partial charge is 0.180 e. The van der Waals surface area contributed by atoms with Crippen molar-refractivity contribution in [2.75, 3.05) is 13.2 Å². The lowest BCUT2D eigenvalue weighted by Crippen LogP contribution is -1.98. The van der Waals surface area contributed by atoms with Crippen molar-refractivity contribution in [3.05, 3.63) is 22.7 Å². The van der Waals surface area contributed by atoms with Crippen LogP contribution in [0.15, 0.2) is 12.1 Å². The fourth-order valence-corrected chi connectivity index (χ4v) is 1.91. The Labute approximate surface area is 93.6 Å². The number of rotatable bonds is 1. The summed E-state index contributed by atoms with van der Waals surface area (Å²) < 4.78 is 11.0. The summed E-state index contributed by atoms with van der Waals surface area (Å²) in [5.41, 5.74) is 0.668. The Morgan fingerprint density at radius 2 is 2.07 bits per heavy atom. The third kappa shape index (κ3) is 2.03. The van der Waals surface area contributed by atoms with Crippen LogP contribution in [0.2, 0.25) is 5.02 Å². The second-order valence-electron chi connectivity index (χ2n) is 3.52. The van der Waals surface area contributed by atoms with Crippen LogP contribution in [0.4, 0.5) is 0 Å². The number of hydrogen-bond acceptors (Lipinski definition) is 3. The Balaban J connectivity index is 2.46. The zero-order valence-corrected chi connectivity index (χ0v) is 9.25. The molecular formula is C11H13ClO3. The Morgan fingerprint density at radius 3 is 2.80 bits per heavy atom. The van der Waals surface area contributed by atoms with Crippen molar-refractivity contribution in [3.63, 3.8) is 0 Å². The molecule has 1 aromatic rings. The molecule has 1 aliphatic rings. The molecule has 3 nitrogen and oxygen atoms in total. The highest BCUT2D eigenvalue weighted by Gasteiger charge is 2.18. The zero-order chi connectivity index (χ0) is 10.8. The molecule has 0 spiro atoms. The van der Waals surface area contributed by atoms with Crippen LogP contribution in [-0.2, 0) is 0 Å². The molecule has 1 aliphatic heterocycles. The van der Waals surface area contributed by atoms with Gasteiger partial charge in [-0.1, -0.05) is 17.7 Å². The molecule has 1 N–H and O–H groups in total. The second-order valence-corrected chi connectivity index (χ2v) is 3.90. The highest BCUT2D eigenvalue weighted by atomic mass is 35.5. The van der Waals surface area contributed by atoms with Gasteiger partial charge in [0, 0.05) is 12.0 Å². The van der Waals surface area contributed by atoms with Crippen molar-refractivity contribution < 1.29 is 14.6 Å². The van der Waals surface area contributed by atoms with Gasteiger partial charge in [0.15, 0.2) is 11.5 Å². The van der Waals surface area contributed by atoms with E-state index in [9.17, 15) is 5.11 Å². The number of fused-ring (bicyclic) bond motifs is 1. The van der Waals surface area contributed by atoms with Crippen LogP contribution in [0.5, 0.6) is 11.5 Å². The molecule has 1 aromatic carbocycles. The third-order valence-electron chi connectivity index (χ3n) is 2.33. The summed E-state index contributed by atoms with van der Waals surface area (Å²) in [5.74, 6) is 1.20. The van der Waals surface area contributed by atoms with Crippen molar-refractivity contribution in [2.45, 2.75) is 19.4 Å². The predicted molar refractivity (Wildman–Crippen MR) is 57.7 cm³/mol. The molecule has 2 rings (SSSR count). The van der Waals surface area contributed by atoms with Gasteiger partial charge in [-0.05, 0) is 13.0 Å². The van der Waals surface area contributed by atoms with E-state index >= 15 is 0 Å². The lowest BCUT2D eigenvalue weighted by Gasteiger charge is -2.13. The second kappa shape index (κ2) is 4.29. The van der Waals surface area contributed by atoms with Crippen LogP contribution in [0.25, 0.3) is 0 Å².